The summed E-state index contributed by atoms with van der Waals surface area (Å²) in [5.74, 6) is 0.0384. The SMILES string of the molecule is CCCNC(=O)Cn1cc2c(c1)C(O)CCCC2. The predicted octanol–water partition coefficient (Wildman–Crippen LogP) is 1.77. The molecule has 0 aromatic carbocycles. The molecule has 1 amide bonds. The van der Waals surface area contributed by atoms with Gasteiger partial charge in [-0.05, 0) is 31.2 Å². The predicted molar refractivity (Wildman–Crippen MR) is 70.2 cm³/mol. The molecule has 0 bridgehead atoms. The molecule has 2 rings (SSSR count). The van der Waals surface area contributed by atoms with Gasteiger partial charge in [0.1, 0.15) is 6.54 Å². The van der Waals surface area contributed by atoms with Gasteiger partial charge < -0.3 is 15.0 Å². The fourth-order valence-electron chi connectivity index (χ4n) is 2.47. The highest BCUT2D eigenvalue weighted by atomic mass is 16.3. The second kappa shape index (κ2) is 6.05. The maximum absolute atomic E-state index is 11.6. The van der Waals surface area contributed by atoms with E-state index in [2.05, 4.69) is 5.32 Å². The van der Waals surface area contributed by atoms with Crippen LogP contribution in [0.1, 0.15) is 49.8 Å². The van der Waals surface area contributed by atoms with Crippen LogP contribution in [0.3, 0.4) is 0 Å². The molecule has 1 aromatic heterocycles. The zero-order valence-corrected chi connectivity index (χ0v) is 11.0. The molecule has 1 atom stereocenters. The van der Waals surface area contributed by atoms with Crippen molar-refractivity contribution in [1.29, 1.82) is 0 Å². The van der Waals surface area contributed by atoms with E-state index >= 15 is 0 Å². The summed E-state index contributed by atoms with van der Waals surface area (Å²) < 4.78 is 1.89. The second-order valence-electron chi connectivity index (χ2n) is 5.02. The van der Waals surface area contributed by atoms with Crippen molar-refractivity contribution in [2.24, 2.45) is 0 Å². The molecule has 1 unspecified atom stereocenters. The Morgan fingerprint density at radius 2 is 2.33 bits per heavy atom. The first-order chi connectivity index (χ1) is 8.70. The van der Waals surface area contributed by atoms with Crippen LogP contribution in [0.5, 0.6) is 0 Å². The topological polar surface area (TPSA) is 54.3 Å². The van der Waals surface area contributed by atoms with Gasteiger partial charge in [-0.1, -0.05) is 13.3 Å². The number of nitrogens with zero attached hydrogens (tertiary/aromatic N) is 1. The summed E-state index contributed by atoms with van der Waals surface area (Å²) in [5.41, 5.74) is 2.21. The van der Waals surface area contributed by atoms with Crippen LogP contribution in [0, 0.1) is 0 Å². The highest BCUT2D eigenvalue weighted by Gasteiger charge is 2.18. The number of hydrogen-bond donors (Lipinski definition) is 2. The standard InChI is InChI=1S/C14H22N2O2/c1-2-7-15-14(18)10-16-8-11-5-3-4-6-13(17)12(11)9-16/h8-9,13,17H,2-7,10H2,1H3,(H,15,18). The molecule has 1 aromatic rings. The number of amides is 1. The molecule has 4 heteroatoms. The monoisotopic (exact) mass is 250 g/mol. The molecule has 4 nitrogen and oxygen atoms in total. The van der Waals surface area contributed by atoms with Crippen LogP contribution >= 0.6 is 0 Å². The number of aliphatic hydroxyl groups excluding tert-OH is 1. The first-order valence-electron chi connectivity index (χ1n) is 6.84. The van der Waals surface area contributed by atoms with E-state index in [9.17, 15) is 9.90 Å². The summed E-state index contributed by atoms with van der Waals surface area (Å²) in [6.07, 6.45) is 8.57. The van der Waals surface area contributed by atoms with Gasteiger partial charge in [0.15, 0.2) is 0 Å². The van der Waals surface area contributed by atoms with Crippen LogP contribution in [0.15, 0.2) is 12.4 Å². The van der Waals surface area contributed by atoms with Crippen molar-refractivity contribution in [2.75, 3.05) is 6.54 Å². The molecule has 0 aliphatic heterocycles. The summed E-state index contributed by atoms with van der Waals surface area (Å²) in [4.78, 5) is 11.6. The number of rotatable bonds is 4. The van der Waals surface area contributed by atoms with Crippen LogP contribution < -0.4 is 5.32 Å². The number of fused-ring (bicyclic) bond motifs is 1. The highest BCUT2D eigenvalue weighted by Crippen LogP contribution is 2.29. The van der Waals surface area contributed by atoms with Crippen molar-refractivity contribution in [3.05, 3.63) is 23.5 Å². The molecule has 1 heterocycles. The normalized spacial score (nSPS) is 19.1. The highest BCUT2D eigenvalue weighted by molar-refractivity contribution is 5.75. The molecular weight excluding hydrogens is 228 g/mol. The smallest absolute Gasteiger partial charge is 0.239 e. The van der Waals surface area contributed by atoms with Crippen molar-refractivity contribution in [2.45, 2.75) is 51.7 Å². The third-order valence-corrected chi connectivity index (χ3v) is 3.43. The molecule has 0 spiro atoms. The van der Waals surface area contributed by atoms with Crippen LogP contribution in [0.25, 0.3) is 0 Å². The van der Waals surface area contributed by atoms with E-state index in [4.69, 9.17) is 0 Å². The van der Waals surface area contributed by atoms with Crippen molar-refractivity contribution >= 4 is 5.91 Å². The summed E-state index contributed by atoms with van der Waals surface area (Å²) in [5, 5.41) is 12.9. The van der Waals surface area contributed by atoms with Crippen molar-refractivity contribution in [1.82, 2.24) is 9.88 Å². The Kier molecular flexibility index (Phi) is 4.42. The lowest BCUT2D eigenvalue weighted by Crippen LogP contribution is -2.27. The Morgan fingerprint density at radius 3 is 3.11 bits per heavy atom. The number of aliphatic hydroxyl groups is 1. The number of carbonyl (C=O) groups excluding carboxylic acids is 1. The minimum absolute atomic E-state index is 0.0384. The molecule has 0 saturated heterocycles. The fourth-order valence-corrected chi connectivity index (χ4v) is 2.47. The molecule has 1 aliphatic rings. The van der Waals surface area contributed by atoms with Gasteiger partial charge in [0, 0.05) is 24.5 Å². The van der Waals surface area contributed by atoms with Gasteiger partial charge >= 0.3 is 0 Å². The Morgan fingerprint density at radius 1 is 1.50 bits per heavy atom. The lowest BCUT2D eigenvalue weighted by molar-refractivity contribution is -0.121. The van der Waals surface area contributed by atoms with Crippen molar-refractivity contribution < 1.29 is 9.90 Å². The van der Waals surface area contributed by atoms with Gasteiger partial charge in [-0.25, -0.2) is 0 Å². The molecule has 100 valence electrons. The second-order valence-corrected chi connectivity index (χ2v) is 5.02. The number of aryl methyl sites for hydroxylation is 1. The Hall–Kier alpha value is -1.29. The maximum atomic E-state index is 11.6. The lowest BCUT2D eigenvalue weighted by Gasteiger charge is -2.06. The molecular formula is C14H22N2O2. The van der Waals surface area contributed by atoms with E-state index in [1.807, 2.05) is 23.9 Å². The number of aromatic nitrogens is 1. The van der Waals surface area contributed by atoms with Crippen LogP contribution in [0.2, 0.25) is 0 Å². The van der Waals surface area contributed by atoms with Gasteiger partial charge in [-0.15, -0.1) is 0 Å². The minimum Gasteiger partial charge on any atom is -0.388 e. The van der Waals surface area contributed by atoms with E-state index in [0.717, 1.165) is 44.2 Å². The van der Waals surface area contributed by atoms with E-state index in [0.29, 0.717) is 6.54 Å². The van der Waals surface area contributed by atoms with Crippen molar-refractivity contribution in [3.63, 3.8) is 0 Å². The van der Waals surface area contributed by atoms with E-state index in [1.54, 1.807) is 0 Å². The van der Waals surface area contributed by atoms with Crippen LogP contribution in [-0.2, 0) is 17.8 Å². The Balaban J connectivity index is 2.03. The Bertz CT molecular complexity index is 412. The molecule has 0 saturated carbocycles. The van der Waals surface area contributed by atoms with E-state index < -0.39 is 0 Å². The number of hydrogen-bond acceptors (Lipinski definition) is 2. The quantitative estimate of drug-likeness (QED) is 0.800. The van der Waals surface area contributed by atoms with Crippen molar-refractivity contribution in [3.8, 4) is 0 Å². The lowest BCUT2D eigenvalue weighted by atomic mass is 10.1. The third kappa shape index (κ3) is 3.13. The average Bonchev–Trinajstić information content (AvgIpc) is 2.67. The van der Waals surface area contributed by atoms with Gasteiger partial charge in [-0.3, -0.25) is 4.79 Å². The summed E-state index contributed by atoms with van der Waals surface area (Å²) in [6, 6.07) is 0. The maximum Gasteiger partial charge on any atom is 0.239 e. The first-order valence-corrected chi connectivity index (χ1v) is 6.84. The zero-order valence-electron chi connectivity index (χ0n) is 11.0. The summed E-state index contributed by atoms with van der Waals surface area (Å²) in [7, 11) is 0. The van der Waals surface area contributed by atoms with Gasteiger partial charge in [0.25, 0.3) is 0 Å². The minimum atomic E-state index is -0.359. The van der Waals surface area contributed by atoms with Gasteiger partial charge in [0.05, 0.1) is 6.10 Å². The average molecular weight is 250 g/mol. The number of nitrogens with one attached hydrogen (secondary N) is 1. The largest absolute Gasteiger partial charge is 0.388 e. The van der Waals surface area contributed by atoms with Gasteiger partial charge in [0.2, 0.25) is 5.91 Å². The number of carbonyl (C=O) groups is 1. The zero-order chi connectivity index (χ0) is 13.0. The molecule has 0 fully saturated rings. The molecule has 2 N–H and O–H groups in total. The fraction of sp³-hybridized carbons (Fsp3) is 0.643. The van der Waals surface area contributed by atoms with Crippen LogP contribution in [-0.4, -0.2) is 22.1 Å². The summed E-state index contributed by atoms with van der Waals surface area (Å²) in [6.45, 7) is 3.11. The molecule has 1 aliphatic carbocycles. The van der Waals surface area contributed by atoms with Crippen LogP contribution in [0.4, 0.5) is 0 Å². The summed E-state index contributed by atoms with van der Waals surface area (Å²) >= 11 is 0. The first kappa shape index (κ1) is 13.1. The third-order valence-electron chi connectivity index (χ3n) is 3.43. The van der Waals surface area contributed by atoms with E-state index in [1.165, 1.54) is 5.56 Å². The molecule has 18 heavy (non-hydrogen) atoms. The van der Waals surface area contributed by atoms with Gasteiger partial charge in [-0.2, -0.15) is 0 Å². The molecule has 0 radical (unpaired) electrons. The van der Waals surface area contributed by atoms with E-state index in [-0.39, 0.29) is 12.0 Å². The Labute approximate surface area is 108 Å².